The van der Waals surface area contributed by atoms with Crippen LogP contribution in [0.4, 0.5) is 0 Å². The molecule has 6 nitrogen and oxygen atoms in total. The summed E-state index contributed by atoms with van der Waals surface area (Å²) in [7, 11) is 0. The molecule has 10 heteroatoms. The van der Waals surface area contributed by atoms with Crippen molar-refractivity contribution >= 4 is 62.2 Å². The summed E-state index contributed by atoms with van der Waals surface area (Å²) < 4.78 is 18.0. The zero-order valence-corrected chi connectivity index (χ0v) is 24.5. The molecule has 0 saturated carbocycles. The van der Waals surface area contributed by atoms with Gasteiger partial charge in [0.05, 0.1) is 22.6 Å². The van der Waals surface area contributed by atoms with E-state index in [-0.39, 0.29) is 27.1 Å². The SMILES string of the molecule is CC(C)CCOc1cccc(C2C(C#N)=C(N)Oc3cc(OC(=O)c4sc5cc(Cl)cc(Cl)c5c4Cl)ccc32)c1. The number of fused-ring (bicyclic) bond motifs is 2. The molecule has 1 aromatic heterocycles. The molecule has 4 aromatic rings. The molecule has 204 valence electrons. The number of hydrogen-bond donors (Lipinski definition) is 1. The van der Waals surface area contributed by atoms with E-state index in [0.29, 0.717) is 49.7 Å². The molecule has 40 heavy (non-hydrogen) atoms. The number of thiophene rings is 1. The second kappa shape index (κ2) is 11.6. The van der Waals surface area contributed by atoms with Crippen molar-refractivity contribution < 1.29 is 19.0 Å². The number of carbonyl (C=O) groups is 1. The van der Waals surface area contributed by atoms with E-state index in [1.54, 1.807) is 30.3 Å². The third kappa shape index (κ3) is 5.59. The number of rotatable bonds is 7. The van der Waals surface area contributed by atoms with Crippen molar-refractivity contribution in [2.75, 3.05) is 6.61 Å². The highest BCUT2D eigenvalue weighted by molar-refractivity contribution is 7.21. The van der Waals surface area contributed by atoms with Crippen molar-refractivity contribution in [2.45, 2.75) is 26.2 Å². The van der Waals surface area contributed by atoms with Gasteiger partial charge in [0.2, 0.25) is 5.88 Å². The molecule has 1 atom stereocenters. The minimum absolute atomic E-state index is 0.0197. The number of benzene rings is 3. The van der Waals surface area contributed by atoms with Gasteiger partial charge in [0.15, 0.2) is 0 Å². The second-order valence-corrected chi connectivity index (χ2v) is 11.9. The third-order valence-electron chi connectivity index (χ3n) is 6.39. The van der Waals surface area contributed by atoms with Crippen molar-refractivity contribution in [1.82, 2.24) is 0 Å². The predicted molar refractivity (Wildman–Crippen MR) is 159 cm³/mol. The van der Waals surface area contributed by atoms with Crippen LogP contribution in [0, 0.1) is 17.2 Å². The molecule has 0 aliphatic carbocycles. The van der Waals surface area contributed by atoms with Gasteiger partial charge in [-0.15, -0.1) is 11.3 Å². The fourth-order valence-corrected chi connectivity index (χ4v) is 6.68. The Morgan fingerprint density at radius 1 is 1.12 bits per heavy atom. The first-order valence-electron chi connectivity index (χ1n) is 12.4. The molecule has 3 aromatic carbocycles. The van der Waals surface area contributed by atoms with Gasteiger partial charge in [-0.05, 0) is 48.2 Å². The molecule has 1 unspecified atom stereocenters. The molecule has 2 N–H and O–H groups in total. The average molecular weight is 614 g/mol. The highest BCUT2D eigenvalue weighted by atomic mass is 35.5. The summed E-state index contributed by atoms with van der Waals surface area (Å²) in [5.74, 6) is 0.652. The van der Waals surface area contributed by atoms with E-state index in [1.165, 1.54) is 0 Å². The van der Waals surface area contributed by atoms with E-state index < -0.39 is 11.9 Å². The minimum Gasteiger partial charge on any atom is -0.494 e. The van der Waals surface area contributed by atoms with E-state index in [4.69, 9.17) is 54.7 Å². The normalized spacial score (nSPS) is 14.6. The van der Waals surface area contributed by atoms with Crippen LogP contribution in [0.1, 0.15) is 47.0 Å². The zero-order chi connectivity index (χ0) is 28.6. The number of nitrogens with zero attached hydrogens (tertiary/aromatic N) is 1. The van der Waals surface area contributed by atoms with Crippen LogP contribution in [0.25, 0.3) is 10.1 Å². The van der Waals surface area contributed by atoms with Gasteiger partial charge in [0.25, 0.3) is 0 Å². The van der Waals surface area contributed by atoms with Gasteiger partial charge >= 0.3 is 5.97 Å². The van der Waals surface area contributed by atoms with Crippen LogP contribution < -0.4 is 19.9 Å². The number of esters is 1. The van der Waals surface area contributed by atoms with Gasteiger partial charge in [0.1, 0.15) is 33.8 Å². The van der Waals surface area contributed by atoms with Gasteiger partial charge in [-0.25, -0.2) is 4.79 Å². The van der Waals surface area contributed by atoms with Crippen LogP contribution in [-0.2, 0) is 0 Å². The van der Waals surface area contributed by atoms with Crippen LogP contribution in [-0.4, -0.2) is 12.6 Å². The summed E-state index contributed by atoms with van der Waals surface area (Å²) >= 11 is 20.0. The van der Waals surface area contributed by atoms with Crippen LogP contribution >= 0.6 is 46.1 Å². The number of halogens is 3. The quantitative estimate of drug-likeness (QED) is 0.165. The van der Waals surface area contributed by atoms with Gasteiger partial charge in [0, 0.05) is 26.7 Å². The lowest BCUT2D eigenvalue weighted by Crippen LogP contribution is -2.21. The number of nitriles is 1. The highest BCUT2D eigenvalue weighted by Crippen LogP contribution is 2.45. The van der Waals surface area contributed by atoms with Gasteiger partial charge < -0.3 is 19.9 Å². The van der Waals surface area contributed by atoms with E-state index in [1.807, 2.05) is 24.3 Å². The lowest BCUT2D eigenvalue weighted by molar-refractivity contribution is 0.0740. The molecule has 0 bridgehead atoms. The first kappa shape index (κ1) is 28.1. The standard InChI is InChI=1S/C30H23Cl3N2O4S/c1-15(2)8-9-37-18-5-3-4-16(10-18)25-20-7-6-19(13-23(20)39-29(35)21(25)14-34)38-30(36)28-27(33)26-22(32)11-17(31)12-24(26)40-28/h3-7,10-13,15,25H,8-9,35H2,1-2H3. The first-order chi connectivity index (χ1) is 19.2. The summed E-state index contributed by atoms with van der Waals surface area (Å²) in [6, 6.07) is 18.0. The van der Waals surface area contributed by atoms with Gasteiger partial charge in [-0.1, -0.05) is 66.8 Å². The maximum atomic E-state index is 13.1. The molecular formula is C30H23Cl3N2O4S. The maximum absolute atomic E-state index is 13.1. The lowest BCUT2D eigenvalue weighted by atomic mass is 9.83. The monoisotopic (exact) mass is 612 g/mol. The Balaban J connectivity index is 1.44. The van der Waals surface area contributed by atoms with Crippen molar-refractivity contribution in [3.05, 3.63) is 97.1 Å². The van der Waals surface area contributed by atoms with Crippen molar-refractivity contribution in [1.29, 1.82) is 5.26 Å². The summed E-state index contributed by atoms with van der Waals surface area (Å²) in [4.78, 5) is 13.3. The van der Waals surface area contributed by atoms with Crippen LogP contribution in [0.3, 0.4) is 0 Å². The number of allylic oxidation sites excluding steroid dienone is 1. The smallest absolute Gasteiger partial charge is 0.355 e. The van der Waals surface area contributed by atoms with Crippen LogP contribution in [0.15, 0.2) is 66.1 Å². The van der Waals surface area contributed by atoms with Crippen molar-refractivity contribution in [3.63, 3.8) is 0 Å². The van der Waals surface area contributed by atoms with E-state index >= 15 is 0 Å². The lowest BCUT2D eigenvalue weighted by Gasteiger charge is -2.27. The molecule has 0 spiro atoms. The molecule has 0 radical (unpaired) electrons. The van der Waals surface area contributed by atoms with E-state index in [0.717, 1.165) is 23.3 Å². The van der Waals surface area contributed by atoms with Crippen molar-refractivity contribution in [3.8, 4) is 23.3 Å². The average Bonchev–Trinajstić information content (AvgIpc) is 3.24. The summed E-state index contributed by atoms with van der Waals surface area (Å²) in [6.07, 6.45) is 0.926. The number of nitrogens with two attached hydrogens (primary N) is 1. The Morgan fingerprint density at radius 3 is 2.67 bits per heavy atom. The number of hydrogen-bond acceptors (Lipinski definition) is 7. The molecule has 1 aliphatic heterocycles. The first-order valence-corrected chi connectivity index (χ1v) is 14.3. The largest absolute Gasteiger partial charge is 0.494 e. The minimum atomic E-state index is -0.654. The van der Waals surface area contributed by atoms with E-state index in [2.05, 4.69) is 19.9 Å². The Kier molecular flexibility index (Phi) is 8.16. The second-order valence-electron chi connectivity index (χ2n) is 9.62. The van der Waals surface area contributed by atoms with Crippen LogP contribution in [0.5, 0.6) is 17.2 Å². The summed E-state index contributed by atoms with van der Waals surface area (Å²) in [5.41, 5.74) is 7.98. The molecular weight excluding hydrogens is 591 g/mol. The van der Waals surface area contributed by atoms with Gasteiger partial charge in [-0.3, -0.25) is 0 Å². The van der Waals surface area contributed by atoms with Gasteiger partial charge in [-0.2, -0.15) is 5.26 Å². The molecule has 1 aliphatic rings. The fraction of sp³-hybridized carbons (Fsp3) is 0.200. The fourth-order valence-electron chi connectivity index (χ4n) is 4.43. The van der Waals surface area contributed by atoms with Crippen molar-refractivity contribution in [2.24, 2.45) is 11.7 Å². The predicted octanol–water partition coefficient (Wildman–Crippen LogP) is 8.72. The Labute approximate surface area is 250 Å². The van der Waals surface area contributed by atoms with E-state index in [9.17, 15) is 10.1 Å². The molecule has 0 fully saturated rings. The molecule has 5 rings (SSSR count). The molecule has 0 amide bonds. The topological polar surface area (TPSA) is 94.6 Å². The Bertz CT molecular complexity index is 1710. The Morgan fingerprint density at radius 2 is 1.93 bits per heavy atom. The maximum Gasteiger partial charge on any atom is 0.355 e. The van der Waals surface area contributed by atoms with Crippen LogP contribution in [0.2, 0.25) is 15.1 Å². The third-order valence-corrected chi connectivity index (χ3v) is 8.51. The summed E-state index contributed by atoms with van der Waals surface area (Å²) in [5, 5.41) is 11.4. The Hall–Kier alpha value is -3.41. The number of ether oxygens (including phenoxy) is 3. The zero-order valence-electron chi connectivity index (χ0n) is 21.5. The summed E-state index contributed by atoms with van der Waals surface area (Å²) in [6.45, 7) is 4.87. The number of carbonyl (C=O) groups excluding carboxylic acids is 1. The molecule has 0 saturated heterocycles. The molecule has 2 heterocycles. The highest BCUT2D eigenvalue weighted by Gasteiger charge is 2.31.